The maximum atomic E-state index is 12.1. The standard InChI is InChI=1S/C21H25NO10/c1-10(23)30-17-8-14(22-21(26)27-4)18(13-5-6-15-16(7-13)29-9-28-15)20(32-12(3)25)19(17)31-11(2)24/h5-7,14,17-20H,8-9H2,1-4H3,(H,22,26)/t14-,17-,18+,19-,20-/m0/s1. The van der Waals surface area contributed by atoms with Crippen LogP contribution in [-0.4, -0.2) is 62.3 Å². The van der Waals surface area contributed by atoms with E-state index in [9.17, 15) is 19.2 Å². The van der Waals surface area contributed by atoms with Gasteiger partial charge in [-0.25, -0.2) is 4.79 Å². The van der Waals surface area contributed by atoms with E-state index in [4.69, 9.17) is 28.4 Å². The number of rotatable bonds is 5. The number of methoxy groups -OCH3 is 1. The second-order valence-corrected chi connectivity index (χ2v) is 7.41. The molecule has 174 valence electrons. The molecule has 3 rings (SSSR count). The molecule has 1 aliphatic heterocycles. The smallest absolute Gasteiger partial charge is 0.407 e. The number of benzene rings is 1. The normalized spacial score (nSPS) is 25.9. The quantitative estimate of drug-likeness (QED) is 0.517. The van der Waals surface area contributed by atoms with Crippen LogP contribution >= 0.6 is 0 Å². The van der Waals surface area contributed by atoms with Gasteiger partial charge in [-0.3, -0.25) is 14.4 Å². The van der Waals surface area contributed by atoms with E-state index in [-0.39, 0.29) is 13.2 Å². The Bertz CT molecular complexity index is 901. The largest absolute Gasteiger partial charge is 0.458 e. The van der Waals surface area contributed by atoms with Crippen molar-refractivity contribution in [3.05, 3.63) is 23.8 Å². The highest BCUT2D eigenvalue weighted by Crippen LogP contribution is 2.42. The molecule has 0 radical (unpaired) electrons. The molecule has 1 saturated carbocycles. The van der Waals surface area contributed by atoms with Gasteiger partial charge in [0.25, 0.3) is 0 Å². The molecular formula is C21H25NO10. The SMILES string of the molecule is COC(=O)N[C@H]1C[C@H](OC(C)=O)[C@H](OC(C)=O)[C@@H](OC(C)=O)[C@@H]1c1ccc2c(c1)OCO2. The number of esters is 3. The molecule has 1 N–H and O–H groups in total. The molecule has 32 heavy (non-hydrogen) atoms. The highest BCUT2D eigenvalue weighted by atomic mass is 16.7. The van der Waals surface area contributed by atoms with Crippen molar-refractivity contribution in [3.8, 4) is 11.5 Å². The van der Waals surface area contributed by atoms with Gasteiger partial charge in [0.15, 0.2) is 23.7 Å². The maximum Gasteiger partial charge on any atom is 0.407 e. The lowest BCUT2D eigenvalue weighted by atomic mass is 9.74. The van der Waals surface area contributed by atoms with E-state index in [1.54, 1.807) is 18.2 Å². The number of carbonyl (C=O) groups is 4. The summed E-state index contributed by atoms with van der Waals surface area (Å²) in [5.41, 5.74) is 0.625. The van der Waals surface area contributed by atoms with Crippen LogP contribution in [0.2, 0.25) is 0 Å². The second kappa shape index (κ2) is 9.75. The fourth-order valence-electron chi connectivity index (χ4n) is 4.07. The zero-order valence-corrected chi connectivity index (χ0v) is 18.1. The fourth-order valence-corrected chi connectivity index (χ4v) is 4.07. The van der Waals surface area contributed by atoms with Crippen molar-refractivity contribution in [2.45, 2.75) is 57.5 Å². The topological polar surface area (TPSA) is 136 Å². The number of nitrogens with one attached hydrogen (secondary N) is 1. The van der Waals surface area contributed by atoms with Gasteiger partial charge in [0.05, 0.1) is 7.11 Å². The summed E-state index contributed by atoms with van der Waals surface area (Å²) in [6, 6.07) is 4.42. The minimum atomic E-state index is -1.11. The van der Waals surface area contributed by atoms with Crippen molar-refractivity contribution in [2.75, 3.05) is 13.9 Å². The first-order valence-corrected chi connectivity index (χ1v) is 9.95. The Balaban J connectivity index is 2.09. The van der Waals surface area contributed by atoms with Gasteiger partial charge < -0.3 is 33.7 Å². The second-order valence-electron chi connectivity index (χ2n) is 7.41. The minimum absolute atomic E-state index is 0.0608. The highest BCUT2D eigenvalue weighted by Gasteiger charge is 2.51. The molecule has 0 spiro atoms. The lowest BCUT2D eigenvalue weighted by molar-refractivity contribution is -0.193. The summed E-state index contributed by atoms with van der Waals surface area (Å²) in [5, 5.41) is 2.71. The van der Waals surface area contributed by atoms with Crippen LogP contribution in [0.4, 0.5) is 4.79 Å². The molecule has 5 atom stereocenters. The van der Waals surface area contributed by atoms with Gasteiger partial charge in [-0.1, -0.05) is 6.07 Å². The Kier molecular flexibility index (Phi) is 7.06. The first-order valence-electron chi connectivity index (χ1n) is 9.95. The van der Waals surface area contributed by atoms with Gasteiger partial charge >= 0.3 is 24.0 Å². The molecule has 1 aromatic carbocycles. The molecule has 11 nitrogen and oxygen atoms in total. The summed E-state index contributed by atoms with van der Waals surface area (Å²) in [6.45, 7) is 3.67. The summed E-state index contributed by atoms with van der Waals surface area (Å²) >= 11 is 0. The Morgan fingerprint density at radius 3 is 2.16 bits per heavy atom. The Hall–Kier alpha value is -3.50. The van der Waals surface area contributed by atoms with Crippen LogP contribution in [0.25, 0.3) is 0 Å². The van der Waals surface area contributed by atoms with Crippen LogP contribution in [0.5, 0.6) is 11.5 Å². The van der Waals surface area contributed by atoms with Crippen molar-refractivity contribution < 1.29 is 47.6 Å². The van der Waals surface area contributed by atoms with Crippen molar-refractivity contribution in [1.29, 1.82) is 0 Å². The number of hydrogen-bond donors (Lipinski definition) is 1. The fraction of sp³-hybridized carbons (Fsp3) is 0.524. The number of carbonyl (C=O) groups excluding carboxylic acids is 4. The number of fused-ring (bicyclic) bond motifs is 1. The monoisotopic (exact) mass is 451 g/mol. The maximum absolute atomic E-state index is 12.1. The van der Waals surface area contributed by atoms with Crippen molar-refractivity contribution >= 4 is 24.0 Å². The molecule has 1 fully saturated rings. The Labute approximate surface area is 184 Å². The predicted octanol–water partition coefficient (Wildman–Crippen LogP) is 1.42. The third-order valence-corrected chi connectivity index (χ3v) is 5.16. The van der Waals surface area contributed by atoms with Gasteiger partial charge in [-0.15, -0.1) is 0 Å². The van der Waals surface area contributed by atoms with Crippen LogP contribution in [0, 0.1) is 0 Å². The van der Waals surface area contributed by atoms with Gasteiger partial charge in [0.2, 0.25) is 6.79 Å². The zero-order valence-electron chi connectivity index (χ0n) is 18.1. The molecule has 1 heterocycles. The van der Waals surface area contributed by atoms with E-state index >= 15 is 0 Å². The summed E-state index contributed by atoms with van der Waals surface area (Å²) in [6.07, 6.45) is -3.82. The average Bonchev–Trinajstić information content (AvgIpc) is 3.17. The first-order chi connectivity index (χ1) is 15.2. The van der Waals surface area contributed by atoms with Crippen molar-refractivity contribution in [2.24, 2.45) is 0 Å². The van der Waals surface area contributed by atoms with E-state index in [2.05, 4.69) is 5.32 Å². The molecule has 2 aliphatic rings. The molecule has 0 bridgehead atoms. The molecular weight excluding hydrogens is 426 g/mol. The van der Waals surface area contributed by atoms with Gasteiger partial charge in [-0.2, -0.15) is 0 Å². The van der Waals surface area contributed by atoms with E-state index < -0.39 is 54.3 Å². The molecule has 1 aliphatic carbocycles. The van der Waals surface area contributed by atoms with Crippen molar-refractivity contribution in [1.82, 2.24) is 5.32 Å². The lowest BCUT2D eigenvalue weighted by Gasteiger charge is -2.45. The molecule has 11 heteroatoms. The molecule has 1 aromatic rings. The van der Waals surface area contributed by atoms with Gasteiger partial charge in [0, 0.05) is 39.2 Å². The minimum Gasteiger partial charge on any atom is -0.458 e. The van der Waals surface area contributed by atoms with E-state index in [1.165, 1.54) is 27.9 Å². The van der Waals surface area contributed by atoms with E-state index in [0.717, 1.165) is 0 Å². The summed E-state index contributed by atoms with van der Waals surface area (Å²) in [4.78, 5) is 47.6. The third-order valence-electron chi connectivity index (χ3n) is 5.16. The summed E-state index contributed by atoms with van der Waals surface area (Å²) < 4.78 is 31.9. The van der Waals surface area contributed by atoms with E-state index in [0.29, 0.717) is 17.1 Å². The van der Waals surface area contributed by atoms with Crippen molar-refractivity contribution in [3.63, 3.8) is 0 Å². The van der Waals surface area contributed by atoms with E-state index in [1.807, 2.05) is 0 Å². The lowest BCUT2D eigenvalue weighted by Crippen LogP contribution is -2.59. The molecule has 1 amide bonds. The molecule has 0 aromatic heterocycles. The van der Waals surface area contributed by atoms with Crippen LogP contribution in [0.15, 0.2) is 18.2 Å². The number of hydrogen-bond acceptors (Lipinski definition) is 10. The number of alkyl carbamates (subject to hydrolysis) is 1. The van der Waals surface area contributed by atoms with Gasteiger partial charge in [0.1, 0.15) is 6.10 Å². The van der Waals surface area contributed by atoms with Gasteiger partial charge in [-0.05, 0) is 17.7 Å². The Morgan fingerprint density at radius 2 is 1.53 bits per heavy atom. The highest BCUT2D eigenvalue weighted by molar-refractivity contribution is 5.70. The van der Waals surface area contributed by atoms with Crippen LogP contribution < -0.4 is 14.8 Å². The zero-order chi connectivity index (χ0) is 23.4. The Morgan fingerprint density at radius 1 is 0.906 bits per heavy atom. The van der Waals surface area contributed by atoms with Crippen LogP contribution in [0.1, 0.15) is 38.7 Å². The van der Waals surface area contributed by atoms with Crippen LogP contribution in [0.3, 0.4) is 0 Å². The molecule has 0 saturated heterocycles. The average molecular weight is 451 g/mol. The third kappa shape index (κ3) is 5.21. The first kappa shape index (κ1) is 23.2. The summed E-state index contributed by atoms with van der Waals surface area (Å²) in [7, 11) is 1.21. The number of amides is 1. The van der Waals surface area contributed by atoms with Crippen LogP contribution in [-0.2, 0) is 33.3 Å². The summed E-state index contributed by atoms with van der Waals surface area (Å²) in [5.74, 6) is -1.57. The number of ether oxygens (including phenoxy) is 6. The predicted molar refractivity (Wildman–Crippen MR) is 106 cm³/mol. The molecule has 0 unspecified atom stereocenters.